The highest BCUT2D eigenvalue weighted by Gasteiger charge is 2.31. The van der Waals surface area contributed by atoms with Gasteiger partial charge < -0.3 is 4.74 Å². The molecular formula is C12H15NO4S. The average Bonchev–Trinajstić information content (AvgIpc) is 2.89. The van der Waals surface area contributed by atoms with E-state index in [0.29, 0.717) is 12.7 Å². The van der Waals surface area contributed by atoms with Gasteiger partial charge in [-0.3, -0.25) is 10.1 Å². The molecule has 1 saturated heterocycles. The lowest BCUT2D eigenvalue weighted by atomic mass is 10.4. The molecule has 98 valence electrons. The van der Waals surface area contributed by atoms with Crippen molar-refractivity contribution in [3.05, 3.63) is 30.3 Å². The molecule has 5 nitrogen and oxygen atoms in total. The second-order valence-electron chi connectivity index (χ2n) is 4.08. The van der Waals surface area contributed by atoms with Crippen LogP contribution < -0.4 is 5.32 Å². The molecule has 2 unspecified atom stereocenters. The summed E-state index contributed by atoms with van der Waals surface area (Å²) >= 11 is 0. The van der Waals surface area contributed by atoms with Gasteiger partial charge in [0.25, 0.3) is 0 Å². The Morgan fingerprint density at radius 3 is 2.61 bits per heavy atom. The number of sulfone groups is 1. The average molecular weight is 269 g/mol. The number of hydrogen-bond donors (Lipinski definition) is 1. The van der Waals surface area contributed by atoms with E-state index in [4.69, 9.17) is 4.74 Å². The Hall–Kier alpha value is -1.24. The SMILES string of the molecule is O=CC(OC1CCCN1)S(=O)(=O)c1ccccc1. The maximum Gasteiger partial charge on any atom is 0.219 e. The van der Waals surface area contributed by atoms with Crippen molar-refractivity contribution >= 4 is 16.1 Å². The number of carbonyl (C=O) groups excluding carboxylic acids is 1. The molecule has 0 amide bonds. The predicted octanol–water partition coefficient (Wildman–Crippen LogP) is 0.711. The topological polar surface area (TPSA) is 72.5 Å². The zero-order chi connectivity index (χ0) is 13.0. The molecule has 1 aliphatic rings. The minimum absolute atomic E-state index is 0.0973. The molecular weight excluding hydrogens is 254 g/mol. The summed E-state index contributed by atoms with van der Waals surface area (Å²) in [6.07, 6.45) is 1.61. The third-order valence-corrected chi connectivity index (χ3v) is 4.57. The second-order valence-corrected chi connectivity index (χ2v) is 6.11. The van der Waals surface area contributed by atoms with E-state index in [0.717, 1.165) is 13.0 Å². The molecule has 1 aromatic rings. The Bertz CT molecular complexity index is 494. The van der Waals surface area contributed by atoms with Crippen LogP contribution in [0.5, 0.6) is 0 Å². The first-order valence-electron chi connectivity index (χ1n) is 5.77. The highest BCUT2D eigenvalue weighted by Crippen LogP contribution is 2.18. The largest absolute Gasteiger partial charge is 0.336 e. The smallest absolute Gasteiger partial charge is 0.219 e. The van der Waals surface area contributed by atoms with Crippen LogP contribution in [-0.2, 0) is 19.4 Å². The predicted molar refractivity (Wildman–Crippen MR) is 65.6 cm³/mol. The minimum atomic E-state index is -3.77. The van der Waals surface area contributed by atoms with Crippen molar-refractivity contribution in [3.63, 3.8) is 0 Å². The normalized spacial score (nSPS) is 21.7. The molecule has 2 rings (SSSR count). The highest BCUT2D eigenvalue weighted by molar-refractivity contribution is 7.92. The van der Waals surface area contributed by atoms with Crippen LogP contribution in [0.3, 0.4) is 0 Å². The van der Waals surface area contributed by atoms with Gasteiger partial charge in [0.2, 0.25) is 15.3 Å². The Labute approximate surface area is 106 Å². The van der Waals surface area contributed by atoms with Gasteiger partial charge in [-0.25, -0.2) is 8.42 Å². The fourth-order valence-electron chi connectivity index (χ4n) is 1.85. The van der Waals surface area contributed by atoms with E-state index in [1.165, 1.54) is 12.1 Å². The lowest BCUT2D eigenvalue weighted by Gasteiger charge is -2.17. The molecule has 0 radical (unpaired) electrons. The quantitative estimate of drug-likeness (QED) is 0.797. The Morgan fingerprint density at radius 1 is 1.33 bits per heavy atom. The molecule has 6 heteroatoms. The van der Waals surface area contributed by atoms with Gasteiger partial charge in [-0.2, -0.15) is 0 Å². The molecule has 0 saturated carbocycles. The van der Waals surface area contributed by atoms with E-state index in [9.17, 15) is 13.2 Å². The highest BCUT2D eigenvalue weighted by atomic mass is 32.2. The standard InChI is InChI=1S/C12H15NO4S/c14-9-12(17-11-7-4-8-13-11)18(15,16)10-5-2-1-3-6-10/h1-3,5-6,9,11-13H,4,7-8H2. The van der Waals surface area contributed by atoms with E-state index in [-0.39, 0.29) is 11.1 Å². The van der Waals surface area contributed by atoms with Gasteiger partial charge in [-0.05, 0) is 31.5 Å². The molecule has 2 atom stereocenters. The van der Waals surface area contributed by atoms with Crippen molar-refractivity contribution in [1.82, 2.24) is 5.32 Å². The zero-order valence-corrected chi connectivity index (χ0v) is 10.6. The molecule has 18 heavy (non-hydrogen) atoms. The number of ether oxygens (including phenoxy) is 1. The maximum atomic E-state index is 12.2. The molecule has 1 fully saturated rings. The molecule has 1 N–H and O–H groups in total. The molecule has 1 heterocycles. The third-order valence-electron chi connectivity index (χ3n) is 2.80. The van der Waals surface area contributed by atoms with Crippen LogP contribution in [0.15, 0.2) is 35.2 Å². The molecule has 0 aliphatic carbocycles. The van der Waals surface area contributed by atoms with Crippen LogP contribution in [0.1, 0.15) is 12.8 Å². The first-order valence-corrected chi connectivity index (χ1v) is 7.32. The van der Waals surface area contributed by atoms with Crippen LogP contribution >= 0.6 is 0 Å². The molecule has 0 spiro atoms. The summed E-state index contributed by atoms with van der Waals surface area (Å²) in [4.78, 5) is 11.1. The molecule has 0 aromatic heterocycles. The zero-order valence-electron chi connectivity index (χ0n) is 9.78. The minimum Gasteiger partial charge on any atom is -0.336 e. The number of benzene rings is 1. The number of nitrogens with one attached hydrogen (secondary N) is 1. The third kappa shape index (κ3) is 2.77. The van der Waals surface area contributed by atoms with Crippen molar-refractivity contribution in [2.24, 2.45) is 0 Å². The van der Waals surface area contributed by atoms with Crippen LogP contribution in [0, 0.1) is 0 Å². The van der Waals surface area contributed by atoms with Gasteiger partial charge in [0, 0.05) is 0 Å². The van der Waals surface area contributed by atoms with E-state index in [1.54, 1.807) is 18.2 Å². The van der Waals surface area contributed by atoms with Crippen LogP contribution in [0.25, 0.3) is 0 Å². The first-order chi connectivity index (χ1) is 8.64. The number of hydrogen-bond acceptors (Lipinski definition) is 5. The second kappa shape index (κ2) is 5.60. The summed E-state index contributed by atoms with van der Waals surface area (Å²) in [7, 11) is -3.77. The summed E-state index contributed by atoms with van der Waals surface area (Å²) < 4.78 is 29.6. The van der Waals surface area contributed by atoms with Gasteiger partial charge in [0.05, 0.1) is 4.90 Å². The van der Waals surface area contributed by atoms with Crippen LogP contribution in [-0.4, -0.2) is 32.9 Å². The lowest BCUT2D eigenvalue weighted by Crippen LogP contribution is -2.35. The lowest BCUT2D eigenvalue weighted by molar-refractivity contribution is -0.116. The Balaban J connectivity index is 2.18. The van der Waals surface area contributed by atoms with Crippen molar-refractivity contribution in [2.75, 3.05) is 6.54 Å². The number of rotatable bonds is 5. The Kier molecular flexibility index (Phi) is 4.11. The van der Waals surface area contributed by atoms with Crippen LogP contribution in [0.4, 0.5) is 0 Å². The van der Waals surface area contributed by atoms with Crippen molar-refractivity contribution in [1.29, 1.82) is 0 Å². The molecule has 1 aromatic carbocycles. The fourth-order valence-corrected chi connectivity index (χ4v) is 3.08. The number of aldehydes is 1. The van der Waals surface area contributed by atoms with E-state index < -0.39 is 15.3 Å². The van der Waals surface area contributed by atoms with E-state index in [2.05, 4.69) is 5.32 Å². The molecule has 0 bridgehead atoms. The summed E-state index contributed by atoms with van der Waals surface area (Å²) in [6, 6.07) is 7.86. The first kappa shape index (κ1) is 13.2. The van der Waals surface area contributed by atoms with Crippen molar-refractivity contribution < 1.29 is 17.9 Å². The molecule has 1 aliphatic heterocycles. The summed E-state index contributed by atoms with van der Waals surface area (Å²) in [5, 5.41) is 3.00. The fraction of sp³-hybridized carbons (Fsp3) is 0.417. The summed E-state index contributed by atoms with van der Waals surface area (Å²) in [5.41, 5.74) is -1.45. The van der Waals surface area contributed by atoms with Gasteiger partial charge in [-0.15, -0.1) is 0 Å². The van der Waals surface area contributed by atoms with Crippen molar-refractivity contribution in [3.8, 4) is 0 Å². The van der Waals surface area contributed by atoms with Gasteiger partial charge in [-0.1, -0.05) is 18.2 Å². The number of carbonyl (C=O) groups is 1. The van der Waals surface area contributed by atoms with Gasteiger partial charge in [0.1, 0.15) is 6.23 Å². The van der Waals surface area contributed by atoms with Gasteiger partial charge in [0.15, 0.2) is 6.29 Å². The van der Waals surface area contributed by atoms with Gasteiger partial charge >= 0.3 is 0 Å². The van der Waals surface area contributed by atoms with E-state index in [1.807, 2.05) is 0 Å². The Morgan fingerprint density at radius 2 is 2.06 bits per heavy atom. The van der Waals surface area contributed by atoms with Crippen molar-refractivity contribution in [2.45, 2.75) is 29.4 Å². The van der Waals surface area contributed by atoms with E-state index >= 15 is 0 Å². The summed E-state index contributed by atoms with van der Waals surface area (Å²) in [6.45, 7) is 0.779. The summed E-state index contributed by atoms with van der Waals surface area (Å²) in [5.74, 6) is 0. The maximum absolute atomic E-state index is 12.2. The monoisotopic (exact) mass is 269 g/mol. The van der Waals surface area contributed by atoms with Crippen LogP contribution in [0.2, 0.25) is 0 Å².